The van der Waals surface area contributed by atoms with Crippen LogP contribution in [-0.4, -0.2) is 45.5 Å². The zero-order chi connectivity index (χ0) is 20.1. The second-order valence-electron chi connectivity index (χ2n) is 6.54. The second kappa shape index (κ2) is 8.93. The third-order valence-electron chi connectivity index (χ3n) is 4.48. The third-order valence-corrected chi connectivity index (χ3v) is 5.39. The van der Waals surface area contributed by atoms with Crippen LogP contribution in [0.15, 0.2) is 53.7 Å². The van der Waals surface area contributed by atoms with Crippen LogP contribution in [0.3, 0.4) is 0 Å². The predicted molar refractivity (Wildman–Crippen MR) is 111 cm³/mol. The second-order valence-corrected chi connectivity index (χ2v) is 7.48. The summed E-state index contributed by atoms with van der Waals surface area (Å²) in [6.45, 7) is 4.52. The van der Waals surface area contributed by atoms with Crippen molar-refractivity contribution < 1.29 is 9.53 Å². The van der Waals surface area contributed by atoms with E-state index in [1.807, 2.05) is 61.0 Å². The monoisotopic (exact) mass is 396 g/mol. The molecule has 0 unspecified atom stereocenters. The van der Waals surface area contributed by atoms with Gasteiger partial charge in [-0.15, -0.1) is 10.2 Å². The van der Waals surface area contributed by atoms with Crippen LogP contribution in [-0.2, 0) is 11.3 Å². The van der Waals surface area contributed by atoms with Gasteiger partial charge in [0.05, 0.1) is 18.6 Å². The van der Waals surface area contributed by atoms with E-state index in [4.69, 9.17) is 4.74 Å². The van der Waals surface area contributed by atoms with Crippen molar-refractivity contribution in [3.63, 3.8) is 0 Å². The Labute approximate surface area is 169 Å². The van der Waals surface area contributed by atoms with E-state index >= 15 is 0 Å². The van der Waals surface area contributed by atoms with Gasteiger partial charge in [-0.2, -0.15) is 0 Å². The molecule has 0 bridgehead atoms. The van der Waals surface area contributed by atoms with Gasteiger partial charge in [-0.05, 0) is 43.2 Å². The van der Waals surface area contributed by atoms with Crippen molar-refractivity contribution in [2.24, 2.45) is 0 Å². The Balaban J connectivity index is 1.65. The average Bonchev–Trinajstić information content (AvgIpc) is 3.07. The molecule has 6 nitrogen and oxygen atoms in total. The molecule has 0 aliphatic heterocycles. The SMILES string of the molecule is COc1ccc(CN(C)C(=O)CSc2nnc(C)n2-c2ccccc2C)cc1. The fourth-order valence-electron chi connectivity index (χ4n) is 2.86. The first-order chi connectivity index (χ1) is 13.5. The van der Waals surface area contributed by atoms with Gasteiger partial charge in [-0.1, -0.05) is 42.1 Å². The van der Waals surface area contributed by atoms with Crippen LogP contribution in [0, 0.1) is 13.8 Å². The van der Waals surface area contributed by atoms with E-state index in [2.05, 4.69) is 23.2 Å². The number of para-hydroxylation sites is 1. The molecule has 0 saturated heterocycles. The Kier molecular flexibility index (Phi) is 6.36. The van der Waals surface area contributed by atoms with Gasteiger partial charge in [0.2, 0.25) is 5.91 Å². The minimum atomic E-state index is 0.0396. The summed E-state index contributed by atoms with van der Waals surface area (Å²) in [7, 11) is 3.45. The van der Waals surface area contributed by atoms with E-state index in [9.17, 15) is 4.79 Å². The molecule has 1 amide bonds. The van der Waals surface area contributed by atoms with Crippen molar-refractivity contribution in [2.75, 3.05) is 19.9 Å². The summed E-state index contributed by atoms with van der Waals surface area (Å²) in [6.07, 6.45) is 0. The van der Waals surface area contributed by atoms with Gasteiger partial charge in [-0.3, -0.25) is 9.36 Å². The first-order valence-corrected chi connectivity index (χ1v) is 9.96. The van der Waals surface area contributed by atoms with Crippen LogP contribution >= 0.6 is 11.8 Å². The quantitative estimate of drug-likeness (QED) is 0.571. The lowest BCUT2D eigenvalue weighted by atomic mass is 10.2. The van der Waals surface area contributed by atoms with Crippen molar-refractivity contribution in [2.45, 2.75) is 25.5 Å². The van der Waals surface area contributed by atoms with E-state index in [-0.39, 0.29) is 5.91 Å². The number of nitrogens with zero attached hydrogens (tertiary/aromatic N) is 4. The van der Waals surface area contributed by atoms with Crippen molar-refractivity contribution >= 4 is 17.7 Å². The summed E-state index contributed by atoms with van der Waals surface area (Å²) in [5.41, 5.74) is 3.22. The van der Waals surface area contributed by atoms with Crippen molar-refractivity contribution in [1.29, 1.82) is 0 Å². The van der Waals surface area contributed by atoms with Crippen LogP contribution < -0.4 is 4.74 Å². The topological polar surface area (TPSA) is 60.2 Å². The molecule has 28 heavy (non-hydrogen) atoms. The Morgan fingerprint density at radius 3 is 2.50 bits per heavy atom. The zero-order valence-corrected chi connectivity index (χ0v) is 17.4. The Bertz CT molecular complexity index is 953. The minimum Gasteiger partial charge on any atom is -0.497 e. The summed E-state index contributed by atoms with van der Waals surface area (Å²) < 4.78 is 7.16. The van der Waals surface area contributed by atoms with Gasteiger partial charge in [0, 0.05) is 13.6 Å². The van der Waals surface area contributed by atoms with Crippen LogP contribution in [0.4, 0.5) is 0 Å². The van der Waals surface area contributed by atoms with Gasteiger partial charge >= 0.3 is 0 Å². The number of rotatable bonds is 7. The molecule has 3 rings (SSSR count). The average molecular weight is 397 g/mol. The molecule has 0 atom stereocenters. The highest BCUT2D eigenvalue weighted by molar-refractivity contribution is 7.99. The molecule has 0 aliphatic carbocycles. The van der Waals surface area contributed by atoms with Crippen molar-refractivity contribution in [1.82, 2.24) is 19.7 Å². The molecule has 1 aromatic heterocycles. The number of aryl methyl sites for hydroxylation is 2. The number of benzene rings is 2. The van der Waals surface area contributed by atoms with Crippen molar-refractivity contribution in [3.05, 3.63) is 65.5 Å². The molecule has 3 aromatic rings. The summed E-state index contributed by atoms with van der Waals surface area (Å²) in [6, 6.07) is 15.8. The highest BCUT2D eigenvalue weighted by Crippen LogP contribution is 2.24. The van der Waals surface area contributed by atoms with Gasteiger partial charge in [-0.25, -0.2) is 0 Å². The number of thioether (sulfide) groups is 1. The highest BCUT2D eigenvalue weighted by atomic mass is 32.2. The van der Waals surface area contributed by atoms with E-state index in [0.29, 0.717) is 12.3 Å². The van der Waals surface area contributed by atoms with E-state index in [1.54, 1.807) is 12.0 Å². The van der Waals surface area contributed by atoms with Gasteiger partial charge in [0.1, 0.15) is 11.6 Å². The third kappa shape index (κ3) is 4.54. The van der Waals surface area contributed by atoms with Crippen LogP contribution in [0.5, 0.6) is 5.75 Å². The largest absolute Gasteiger partial charge is 0.497 e. The standard InChI is InChI=1S/C21H24N4O2S/c1-15-7-5-6-8-19(15)25-16(2)22-23-21(25)28-14-20(26)24(3)13-17-9-11-18(27-4)12-10-17/h5-12H,13-14H2,1-4H3. The lowest BCUT2D eigenvalue weighted by Crippen LogP contribution is -2.27. The summed E-state index contributed by atoms with van der Waals surface area (Å²) in [4.78, 5) is 14.3. The maximum absolute atomic E-state index is 12.6. The van der Waals surface area contributed by atoms with E-state index in [0.717, 1.165) is 33.5 Å². The predicted octanol–water partition coefficient (Wildman–Crippen LogP) is 3.64. The molecule has 2 aromatic carbocycles. The van der Waals surface area contributed by atoms with Gasteiger partial charge in [0.15, 0.2) is 5.16 Å². The summed E-state index contributed by atoms with van der Waals surface area (Å²) in [5, 5.41) is 9.18. The number of hydrogen-bond donors (Lipinski definition) is 0. The molecule has 7 heteroatoms. The number of hydrogen-bond acceptors (Lipinski definition) is 5. The molecule has 0 aliphatic rings. The Hall–Kier alpha value is -2.80. The smallest absolute Gasteiger partial charge is 0.233 e. The van der Waals surface area contributed by atoms with E-state index < -0.39 is 0 Å². The normalized spacial score (nSPS) is 10.7. The maximum atomic E-state index is 12.6. The lowest BCUT2D eigenvalue weighted by molar-refractivity contribution is -0.127. The fraction of sp³-hybridized carbons (Fsp3) is 0.286. The molecule has 0 saturated carbocycles. The molecule has 0 N–H and O–H groups in total. The van der Waals surface area contributed by atoms with Gasteiger partial charge < -0.3 is 9.64 Å². The maximum Gasteiger partial charge on any atom is 0.233 e. The molecule has 1 heterocycles. The lowest BCUT2D eigenvalue weighted by Gasteiger charge is -2.17. The molecule has 0 radical (unpaired) electrons. The van der Waals surface area contributed by atoms with Crippen LogP contribution in [0.1, 0.15) is 17.0 Å². The zero-order valence-electron chi connectivity index (χ0n) is 16.5. The molecule has 0 fully saturated rings. The first kappa shape index (κ1) is 19.9. The number of carbonyl (C=O) groups excluding carboxylic acids is 1. The summed E-state index contributed by atoms with van der Waals surface area (Å²) in [5.74, 6) is 1.95. The van der Waals surface area contributed by atoms with Crippen LogP contribution in [0.2, 0.25) is 0 Å². The number of aromatic nitrogens is 3. The van der Waals surface area contributed by atoms with Crippen LogP contribution in [0.25, 0.3) is 5.69 Å². The Morgan fingerprint density at radius 1 is 1.11 bits per heavy atom. The molecule has 0 spiro atoms. The number of carbonyl (C=O) groups is 1. The Morgan fingerprint density at radius 2 is 1.82 bits per heavy atom. The fourth-order valence-corrected chi connectivity index (χ4v) is 3.79. The molecule has 146 valence electrons. The number of amides is 1. The van der Waals surface area contributed by atoms with Crippen molar-refractivity contribution in [3.8, 4) is 11.4 Å². The van der Waals surface area contributed by atoms with E-state index in [1.165, 1.54) is 11.8 Å². The molecular formula is C21H24N4O2S. The molecular weight excluding hydrogens is 372 g/mol. The summed E-state index contributed by atoms with van der Waals surface area (Å²) >= 11 is 1.40. The minimum absolute atomic E-state index is 0.0396. The number of ether oxygens (including phenoxy) is 1. The van der Waals surface area contributed by atoms with Gasteiger partial charge in [0.25, 0.3) is 0 Å². The highest BCUT2D eigenvalue weighted by Gasteiger charge is 2.16. The number of methoxy groups -OCH3 is 1. The first-order valence-electron chi connectivity index (χ1n) is 8.97.